The van der Waals surface area contributed by atoms with Crippen LogP contribution in [0.25, 0.3) is 89.6 Å². The number of nitrogens with zero attached hydrogens (tertiary/aromatic N) is 6. The van der Waals surface area contributed by atoms with Crippen LogP contribution in [0.5, 0.6) is 17.2 Å². The molecule has 102 heavy (non-hydrogen) atoms. The molecule has 13 aromatic rings. The van der Waals surface area contributed by atoms with Gasteiger partial charge in [-0.25, -0.2) is 29.1 Å². The van der Waals surface area contributed by atoms with Crippen molar-refractivity contribution in [2.45, 2.75) is 25.9 Å². The van der Waals surface area contributed by atoms with Crippen LogP contribution in [-0.4, -0.2) is 59.9 Å². The topological polar surface area (TPSA) is 183 Å². The predicted molar refractivity (Wildman–Crippen MR) is 396 cm³/mol. The number of aromatic nitrogens is 6. The highest BCUT2D eigenvalue weighted by Crippen LogP contribution is 2.37. The van der Waals surface area contributed by atoms with Gasteiger partial charge in [0.2, 0.25) is 0 Å². The summed E-state index contributed by atoms with van der Waals surface area (Å²) < 4.78 is 24.0. The number of benzene rings is 8. The third kappa shape index (κ3) is 15.6. The summed E-state index contributed by atoms with van der Waals surface area (Å²) in [5, 5.41) is 0. The lowest BCUT2D eigenvalue weighted by Gasteiger charge is -2.18. The third-order valence-corrected chi connectivity index (χ3v) is 17.1. The molecule has 0 spiro atoms. The molecule has 5 aromatic heterocycles. The minimum absolute atomic E-state index is 0.144. The summed E-state index contributed by atoms with van der Waals surface area (Å²) in [7, 11) is 0. The SMILES string of the molecule is C/C=C(\C=C/Cc1cc(-c2ccc(-c3ccccc3-c3cc(C(=O)Oc4ccc(-c5ccccn5)cc4)cc(C(=O)OC4C=CC(c5ccccn5)=CC4)c3)cc2)ncn1)c1ccccc1-c1cc(C(=O)Oc2ccc(-c3ccccn3)cc2)cc(C(=O)Oc2ccc(-c3ccccn3)cc2)c1. The van der Waals surface area contributed by atoms with Gasteiger partial charge in [-0.05, 0) is 227 Å². The molecular weight excluding hydrogens is 1270 g/mol. The maximum Gasteiger partial charge on any atom is 0.343 e. The van der Waals surface area contributed by atoms with Gasteiger partial charge in [-0.3, -0.25) is 19.9 Å². The second kappa shape index (κ2) is 30.8. The van der Waals surface area contributed by atoms with Gasteiger partial charge >= 0.3 is 23.9 Å². The van der Waals surface area contributed by atoms with E-state index in [2.05, 4.69) is 29.9 Å². The first-order chi connectivity index (χ1) is 50.1. The van der Waals surface area contributed by atoms with Gasteiger partial charge in [-0.1, -0.05) is 127 Å². The molecule has 1 unspecified atom stereocenters. The largest absolute Gasteiger partial charge is 0.454 e. The molecular formula is C88H62N6O8. The Kier molecular flexibility index (Phi) is 19.8. The van der Waals surface area contributed by atoms with E-state index in [-0.39, 0.29) is 22.3 Å². The molecule has 14 nitrogen and oxygen atoms in total. The van der Waals surface area contributed by atoms with Crippen molar-refractivity contribution in [3.63, 3.8) is 0 Å². The smallest absolute Gasteiger partial charge is 0.343 e. The Morgan fingerprint density at radius 3 is 1.26 bits per heavy atom. The van der Waals surface area contributed by atoms with Gasteiger partial charge in [0.25, 0.3) is 0 Å². The van der Waals surface area contributed by atoms with Gasteiger partial charge in [0.05, 0.1) is 50.7 Å². The molecule has 0 saturated heterocycles. The standard InChI is InChI=1S/C88H62N6O8/c1-2-58(76-18-3-5-20-78(76)65-50-67(85(95)99-72-38-30-60(31-39-72)80-22-7-11-46-89-80)54-68(51-65)86(96)100-73-40-32-61(33-41-73)81-23-8-12-47-90-81)16-15-17-71-56-84(94-57-93-71)64-28-26-59(27-29-64)77-19-4-6-21-79(77)66-52-69(87(97)101-74-42-34-62(35-43-74)82-24-9-13-48-91-82)55-70(53-66)88(98)102-75-44-36-63(37-45-75)83-25-10-14-49-92-83/h2-16,18-44,46-57,75H,17,45H2,1H3/b16-15-,58-2+. The Morgan fingerprint density at radius 2 is 0.804 bits per heavy atom. The summed E-state index contributed by atoms with van der Waals surface area (Å²) in [5.74, 6) is -1.61. The molecule has 0 N–H and O–H groups in total. The minimum Gasteiger partial charge on any atom is -0.454 e. The molecule has 8 aromatic carbocycles. The fourth-order valence-electron chi connectivity index (χ4n) is 11.9. The fourth-order valence-corrected chi connectivity index (χ4v) is 11.9. The highest BCUT2D eigenvalue weighted by molar-refractivity contribution is 6.01. The molecule has 492 valence electrons. The van der Waals surface area contributed by atoms with E-state index in [0.29, 0.717) is 41.2 Å². The van der Waals surface area contributed by atoms with E-state index in [1.54, 1.807) is 91.8 Å². The van der Waals surface area contributed by atoms with Crippen molar-refractivity contribution in [3.05, 3.63) is 368 Å². The van der Waals surface area contributed by atoms with Crippen molar-refractivity contribution in [1.82, 2.24) is 29.9 Å². The second-order valence-electron chi connectivity index (χ2n) is 23.8. The van der Waals surface area contributed by atoms with E-state index in [0.717, 1.165) is 95.4 Å². The average Bonchev–Trinajstić information content (AvgIpc) is 0.795. The van der Waals surface area contributed by atoms with Crippen LogP contribution in [0.15, 0.2) is 328 Å². The molecule has 0 amide bonds. The number of carbonyl (C=O) groups excluding carboxylic acids is 4. The Labute approximate surface area is 589 Å². The lowest BCUT2D eigenvalue weighted by Crippen LogP contribution is -2.18. The molecule has 1 atom stereocenters. The van der Waals surface area contributed by atoms with Crippen molar-refractivity contribution in [1.29, 1.82) is 0 Å². The zero-order chi connectivity index (χ0) is 69.6. The summed E-state index contributed by atoms with van der Waals surface area (Å²) in [4.78, 5) is 84.0. The van der Waals surface area contributed by atoms with Gasteiger partial charge in [0.15, 0.2) is 0 Å². The first kappa shape index (κ1) is 65.6. The molecule has 14 rings (SSSR count). The Hall–Kier alpha value is -13.7. The normalized spacial score (nSPS) is 12.7. The van der Waals surface area contributed by atoms with Crippen molar-refractivity contribution in [3.8, 4) is 95.7 Å². The van der Waals surface area contributed by atoms with Crippen molar-refractivity contribution >= 4 is 35.0 Å². The highest BCUT2D eigenvalue weighted by atomic mass is 16.6. The summed E-state index contributed by atoms with van der Waals surface area (Å²) in [6, 6.07) is 79.6. The van der Waals surface area contributed by atoms with E-state index in [4.69, 9.17) is 18.9 Å². The maximum atomic E-state index is 14.2. The number of hydrogen-bond acceptors (Lipinski definition) is 14. The van der Waals surface area contributed by atoms with Gasteiger partial charge in [-0.15, -0.1) is 0 Å². The zero-order valence-electron chi connectivity index (χ0n) is 55.1. The predicted octanol–water partition coefficient (Wildman–Crippen LogP) is 19.2. The van der Waals surface area contributed by atoms with Gasteiger partial charge in [-0.2, -0.15) is 0 Å². The zero-order valence-corrected chi connectivity index (χ0v) is 55.1. The van der Waals surface area contributed by atoms with Crippen LogP contribution in [0, 0.1) is 0 Å². The van der Waals surface area contributed by atoms with Gasteiger partial charge < -0.3 is 18.9 Å². The van der Waals surface area contributed by atoms with Gasteiger partial charge in [0, 0.05) is 65.6 Å². The number of esters is 4. The molecule has 0 radical (unpaired) electrons. The summed E-state index contributed by atoms with van der Waals surface area (Å²) in [6.45, 7) is 1.96. The van der Waals surface area contributed by atoms with Crippen LogP contribution in [0.2, 0.25) is 0 Å². The molecule has 0 aliphatic heterocycles. The van der Waals surface area contributed by atoms with Crippen LogP contribution in [0.3, 0.4) is 0 Å². The minimum atomic E-state index is -0.663. The van der Waals surface area contributed by atoms with Crippen molar-refractivity contribution in [2.24, 2.45) is 0 Å². The average molecular weight is 1330 g/mol. The van der Waals surface area contributed by atoms with Crippen LogP contribution in [-0.2, 0) is 11.2 Å². The molecule has 0 fully saturated rings. The summed E-state index contributed by atoms with van der Waals surface area (Å²) in [6.07, 6.45) is 20.6. The number of carbonyl (C=O) groups is 4. The molecule has 0 bridgehead atoms. The maximum absolute atomic E-state index is 14.2. The van der Waals surface area contributed by atoms with Crippen molar-refractivity contribution in [2.75, 3.05) is 0 Å². The number of pyridine rings is 4. The lowest BCUT2D eigenvalue weighted by molar-refractivity contribution is 0.0398. The summed E-state index contributed by atoms with van der Waals surface area (Å²) >= 11 is 0. The highest BCUT2D eigenvalue weighted by Gasteiger charge is 2.24. The van der Waals surface area contributed by atoms with Gasteiger partial charge in [0.1, 0.15) is 29.7 Å². The third-order valence-electron chi connectivity index (χ3n) is 17.1. The molecule has 14 heteroatoms. The lowest BCUT2D eigenvalue weighted by atomic mass is 9.91. The molecule has 0 saturated carbocycles. The van der Waals surface area contributed by atoms with Crippen LogP contribution in [0.1, 0.15) is 71.7 Å². The monoisotopic (exact) mass is 1330 g/mol. The first-order valence-corrected chi connectivity index (χ1v) is 33.1. The molecule has 1 aliphatic carbocycles. The first-order valence-electron chi connectivity index (χ1n) is 33.1. The van der Waals surface area contributed by atoms with E-state index in [1.165, 1.54) is 12.1 Å². The number of rotatable bonds is 20. The van der Waals surface area contributed by atoms with Crippen LogP contribution >= 0.6 is 0 Å². The Bertz CT molecular complexity index is 5220. The summed E-state index contributed by atoms with van der Waals surface area (Å²) in [5.41, 5.74) is 15.9. The Balaban J connectivity index is 0.696. The van der Waals surface area contributed by atoms with Crippen molar-refractivity contribution < 1.29 is 38.1 Å². The number of ether oxygens (including phenoxy) is 4. The number of hydrogen-bond donors (Lipinski definition) is 0. The Morgan fingerprint density at radius 1 is 0.392 bits per heavy atom. The van der Waals surface area contributed by atoms with E-state index in [9.17, 15) is 19.2 Å². The van der Waals surface area contributed by atoms with E-state index >= 15 is 0 Å². The van der Waals surface area contributed by atoms with Crippen LogP contribution < -0.4 is 14.2 Å². The quantitative estimate of drug-likeness (QED) is 0.0399. The number of allylic oxidation sites excluding steroid dienone is 6. The van der Waals surface area contributed by atoms with Crippen LogP contribution in [0.4, 0.5) is 0 Å². The second-order valence-corrected chi connectivity index (χ2v) is 23.8. The van der Waals surface area contributed by atoms with E-state index < -0.39 is 30.0 Å². The fraction of sp³-hybridized carbons (Fsp3) is 0.0455. The molecule has 5 heterocycles. The van der Waals surface area contributed by atoms with E-state index in [1.807, 2.05) is 231 Å². The molecule has 1 aliphatic rings.